The van der Waals surface area contributed by atoms with Gasteiger partial charge in [-0.1, -0.05) is 47.5 Å². The van der Waals surface area contributed by atoms with Crippen molar-refractivity contribution in [2.24, 2.45) is 22.7 Å². The Hall–Kier alpha value is -1.84. The van der Waals surface area contributed by atoms with Crippen molar-refractivity contribution in [2.45, 2.75) is 109 Å². The molecule has 0 aromatic carbocycles. The van der Waals surface area contributed by atoms with Gasteiger partial charge in [0.05, 0.1) is 10.00 Å². The molecule has 35 heavy (non-hydrogen) atoms. The number of nitrogens with zero attached hydrogens (tertiary/aromatic N) is 1. The summed E-state index contributed by atoms with van der Waals surface area (Å²) in [6.45, 7) is 14.9. The number of sulfone groups is 1. The number of amides is 3. The number of carbonyl (C=O) groups is 3. The minimum absolute atomic E-state index is 0.0935. The number of hydrogen-bond acceptors (Lipinski definition) is 5. The Balaban J connectivity index is 1.76. The van der Waals surface area contributed by atoms with Gasteiger partial charge in [-0.05, 0) is 50.4 Å². The lowest BCUT2D eigenvalue weighted by Gasteiger charge is -2.38. The minimum atomic E-state index is -3.49. The Labute approximate surface area is 209 Å². The van der Waals surface area contributed by atoms with Crippen LogP contribution >= 0.6 is 0 Å². The van der Waals surface area contributed by atoms with Crippen molar-refractivity contribution in [3.05, 3.63) is 0 Å². The van der Waals surface area contributed by atoms with Gasteiger partial charge in [0.2, 0.25) is 5.91 Å². The molecule has 3 aliphatic rings. The molecule has 200 valence electrons. The van der Waals surface area contributed by atoms with Gasteiger partial charge in [-0.2, -0.15) is 0 Å². The summed E-state index contributed by atoms with van der Waals surface area (Å²) in [5.41, 5.74) is -0.792. The van der Waals surface area contributed by atoms with Crippen molar-refractivity contribution in [3.8, 4) is 0 Å². The molecule has 0 unspecified atom stereocenters. The Morgan fingerprint density at radius 1 is 1.03 bits per heavy atom. The van der Waals surface area contributed by atoms with E-state index in [9.17, 15) is 27.9 Å². The summed E-state index contributed by atoms with van der Waals surface area (Å²) in [6, 6.07) is -3.00. The molecule has 6 atom stereocenters. The highest BCUT2D eigenvalue weighted by atomic mass is 32.2. The van der Waals surface area contributed by atoms with Crippen molar-refractivity contribution in [2.75, 3.05) is 6.54 Å². The second-order valence-electron chi connectivity index (χ2n) is 13.2. The third kappa shape index (κ3) is 5.04. The molecule has 3 amide bonds. The van der Waals surface area contributed by atoms with Gasteiger partial charge < -0.3 is 20.6 Å². The van der Waals surface area contributed by atoms with E-state index in [0.717, 1.165) is 12.8 Å². The fraction of sp³-hybridized carbons (Fsp3) is 0.880. The first-order valence-electron chi connectivity index (χ1n) is 12.7. The number of likely N-dealkylation sites (tertiary alicyclic amines) is 1. The summed E-state index contributed by atoms with van der Waals surface area (Å²) >= 11 is 0. The van der Waals surface area contributed by atoms with Crippen LogP contribution in [-0.4, -0.2) is 71.0 Å². The highest BCUT2D eigenvalue weighted by Gasteiger charge is 2.70. The second kappa shape index (κ2) is 8.92. The molecular formula is C25H43N3O6S. The van der Waals surface area contributed by atoms with Crippen LogP contribution in [0.1, 0.15) is 81.1 Å². The van der Waals surface area contributed by atoms with Gasteiger partial charge in [-0.15, -0.1) is 0 Å². The first-order valence-corrected chi connectivity index (χ1v) is 14.2. The minimum Gasteiger partial charge on any atom is -0.480 e. The fourth-order valence-corrected chi connectivity index (χ4v) is 8.06. The van der Waals surface area contributed by atoms with Crippen LogP contribution in [0.3, 0.4) is 0 Å². The van der Waals surface area contributed by atoms with E-state index in [4.69, 9.17) is 0 Å². The average Bonchev–Trinajstić information content (AvgIpc) is 3.06. The van der Waals surface area contributed by atoms with Crippen LogP contribution in [0.5, 0.6) is 0 Å². The van der Waals surface area contributed by atoms with Crippen molar-refractivity contribution in [3.63, 3.8) is 0 Å². The quantitative estimate of drug-likeness (QED) is 0.518. The Kier molecular flexibility index (Phi) is 7.07. The maximum Gasteiger partial charge on any atom is 0.326 e. The van der Waals surface area contributed by atoms with Crippen LogP contribution in [0, 0.1) is 22.7 Å². The zero-order valence-corrected chi connectivity index (χ0v) is 23.2. The zero-order chi connectivity index (χ0) is 26.7. The molecule has 0 spiro atoms. The van der Waals surface area contributed by atoms with Gasteiger partial charge in [0.25, 0.3) is 0 Å². The van der Waals surface area contributed by atoms with E-state index in [1.165, 1.54) is 4.90 Å². The second-order valence-corrected chi connectivity index (χ2v) is 16.2. The third-order valence-corrected chi connectivity index (χ3v) is 11.5. The lowest BCUT2D eigenvalue weighted by molar-refractivity contribution is -0.152. The number of rotatable bonds is 5. The zero-order valence-electron chi connectivity index (χ0n) is 22.3. The summed E-state index contributed by atoms with van der Waals surface area (Å²) in [5, 5.41) is 14.8. The fourth-order valence-electron chi connectivity index (χ4n) is 6.04. The Bertz CT molecular complexity index is 978. The largest absolute Gasteiger partial charge is 0.480 e. The number of piperidine rings is 1. The topological polar surface area (TPSA) is 133 Å². The molecule has 3 N–H and O–H groups in total. The number of hydrogen-bond donors (Lipinski definition) is 3. The number of carboxylic acid groups (broad SMARTS) is 1. The third-order valence-electron chi connectivity index (χ3n) is 8.40. The number of fused-ring (bicyclic) bond motifs is 1. The summed E-state index contributed by atoms with van der Waals surface area (Å²) in [6.07, 6.45) is 2.63. The maximum atomic E-state index is 13.6. The van der Waals surface area contributed by atoms with E-state index in [2.05, 4.69) is 10.6 Å². The molecule has 0 aromatic rings. The van der Waals surface area contributed by atoms with Gasteiger partial charge in [0.15, 0.2) is 9.84 Å². The molecule has 2 aliphatic carbocycles. The molecule has 9 nitrogen and oxygen atoms in total. The highest BCUT2D eigenvalue weighted by molar-refractivity contribution is 7.93. The predicted molar refractivity (Wildman–Crippen MR) is 134 cm³/mol. The maximum absolute atomic E-state index is 13.6. The normalized spacial score (nSPS) is 31.3. The molecule has 0 bridgehead atoms. The summed E-state index contributed by atoms with van der Waals surface area (Å²) < 4.78 is 25.4. The predicted octanol–water partition coefficient (Wildman–Crippen LogP) is 2.79. The molecule has 2 saturated carbocycles. The van der Waals surface area contributed by atoms with Gasteiger partial charge >= 0.3 is 12.0 Å². The van der Waals surface area contributed by atoms with E-state index in [-0.39, 0.29) is 17.3 Å². The molecule has 3 fully saturated rings. The van der Waals surface area contributed by atoms with Gasteiger partial charge in [0.1, 0.15) is 12.1 Å². The standard InChI is InChI=1S/C25H43N3O6S/c1-23(2,3)19(20(29)28-13-14-17(25(14,7)8)18(28)21(30)31)27-22(32)26-15-11-9-10-12-16(15)35(33,34)24(4,5)6/h14-19H,9-13H2,1-8H3,(H,30,31)(H2,26,27,32)/t14-,15-,16+,17-,18-,19+/m0/s1. The monoisotopic (exact) mass is 513 g/mol. The van der Waals surface area contributed by atoms with Crippen LogP contribution in [0.4, 0.5) is 4.79 Å². The number of urea groups is 1. The van der Waals surface area contributed by atoms with Gasteiger partial charge in [-0.25, -0.2) is 18.0 Å². The van der Waals surface area contributed by atoms with E-state index in [1.807, 2.05) is 34.6 Å². The molecule has 3 rings (SSSR count). The Morgan fingerprint density at radius 2 is 1.60 bits per heavy atom. The van der Waals surface area contributed by atoms with Crippen molar-refractivity contribution >= 4 is 27.7 Å². The molecule has 1 heterocycles. The molecule has 0 aromatic heterocycles. The molecular weight excluding hydrogens is 470 g/mol. The van der Waals surface area contributed by atoms with E-state index in [0.29, 0.717) is 19.4 Å². The van der Waals surface area contributed by atoms with E-state index < -0.39 is 61.3 Å². The van der Waals surface area contributed by atoms with Gasteiger partial charge in [0, 0.05) is 18.5 Å². The lowest BCUT2D eigenvalue weighted by atomic mass is 9.85. The van der Waals surface area contributed by atoms with Crippen molar-refractivity contribution in [1.82, 2.24) is 15.5 Å². The summed E-state index contributed by atoms with van der Waals surface area (Å²) in [5.74, 6) is -1.40. The smallest absolute Gasteiger partial charge is 0.326 e. The Morgan fingerprint density at radius 3 is 2.11 bits per heavy atom. The van der Waals surface area contributed by atoms with Crippen molar-refractivity contribution in [1.29, 1.82) is 0 Å². The van der Waals surface area contributed by atoms with E-state index in [1.54, 1.807) is 20.8 Å². The molecule has 1 saturated heterocycles. The number of carboxylic acids is 1. The van der Waals surface area contributed by atoms with Crippen LogP contribution in [-0.2, 0) is 19.4 Å². The average molecular weight is 514 g/mol. The SMILES string of the molecule is CC(C)(C)[C@H](NC(=O)N[C@H]1CCCC[C@H]1S(=O)(=O)C(C)(C)C)C(=O)N1C[C@H]2[C@@H]([C@H]1C(=O)O)C2(C)C. The van der Waals surface area contributed by atoms with Gasteiger partial charge in [-0.3, -0.25) is 4.79 Å². The molecule has 10 heteroatoms. The lowest BCUT2D eigenvalue weighted by Crippen LogP contribution is -2.61. The van der Waals surface area contributed by atoms with Crippen molar-refractivity contribution < 1.29 is 27.9 Å². The number of carbonyl (C=O) groups excluding carboxylic acids is 2. The number of aliphatic carboxylic acids is 1. The van der Waals surface area contributed by atoms with Crippen LogP contribution in [0.25, 0.3) is 0 Å². The van der Waals surface area contributed by atoms with Crippen LogP contribution < -0.4 is 10.6 Å². The van der Waals surface area contributed by atoms with Crippen LogP contribution in [0.2, 0.25) is 0 Å². The first kappa shape index (κ1) is 27.7. The van der Waals surface area contributed by atoms with E-state index >= 15 is 0 Å². The highest BCUT2D eigenvalue weighted by Crippen LogP contribution is 2.65. The number of nitrogens with one attached hydrogen (secondary N) is 2. The first-order chi connectivity index (χ1) is 15.8. The van der Waals surface area contributed by atoms with Crippen LogP contribution in [0.15, 0.2) is 0 Å². The molecule has 1 aliphatic heterocycles. The summed E-state index contributed by atoms with van der Waals surface area (Å²) in [7, 11) is -3.49. The summed E-state index contributed by atoms with van der Waals surface area (Å²) in [4.78, 5) is 40.2. The molecule has 0 radical (unpaired) electrons.